The summed E-state index contributed by atoms with van der Waals surface area (Å²) in [5.41, 5.74) is 6.10. The van der Waals surface area contributed by atoms with Crippen LogP contribution in [-0.2, 0) is 10.2 Å². The number of hydrogen-bond acceptors (Lipinski definition) is 4. The van der Waals surface area contributed by atoms with E-state index >= 15 is 0 Å². The zero-order valence-electron chi connectivity index (χ0n) is 13.9. The highest BCUT2D eigenvalue weighted by molar-refractivity contribution is 5.77. The van der Waals surface area contributed by atoms with E-state index in [1.165, 1.54) is 12.1 Å². The van der Waals surface area contributed by atoms with Gasteiger partial charge in [0.15, 0.2) is 0 Å². The normalized spacial score (nSPS) is 15.7. The summed E-state index contributed by atoms with van der Waals surface area (Å²) in [6.45, 7) is 2.92. The Bertz CT molecular complexity index is 1050. The summed E-state index contributed by atoms with van der Waals surface area (Å²) < 4.78 is 32.9. The van der Waals surface area contributed by atoms with Gasteiger partial charge in [0.05, 0.1) is 35.7 Å². The third-order valence-corrected chi connectivity index (χ3v) is 4.51. The minimum atomic E-state index is -0.739. The number of aromatic amines is 2. The quantitative estimate of drug-likeness (QED) is 0.670. The van der Waals surface area contributed by atoms with Crippen molar-refractivity contribution in [3.63, 3.8) is 0 Å². The monoisotopic (exact) mass is 358 g/mol. The number of nitrogens with zero attached hydrogens (tertiary/aromatic N) is 1. The molecule has 0 atom stereocenters. The van der Waals surface area contributed by atoms with Crippen LogP contribution >= 0.6 is 0 Å². The number of ether oxygens (including phenoxy) is 1. The van der Waals surface area contributed by atoms with Gasteiger partial charge in [-0.25, -0.2) is 13.8 Å². The van der Waals surface area contributed by atoms with Crippen LogP contribution < -0.4 is 11.3 Å². The molecule has 1 aliphatic heterocycles. The molecule has 26 heavy (non-hydrogen) atoms. The maximum Gasteiger partial charge on any atom is 0.271 e. The van der Waals surface area contributed by atoms with E-state index in [9.17, 15) is 13.6 Å². The van der Waals surface area contributed by atoms with E-state index in [0.717, 1.165) is 12.1 Å². The fraction of sp³-hybridized carbons (Fsp3) is 0.222. The van der Waals surface area contributed by atoms with Crippen molar-refractivity contribution < 1.29 is 13.5 Å². The van der Waals surface area contributed by atoms with Gasteiger partial charge in [-0.3, -0.25) is 4.79 Å². The molecule has 8 heteroatoms. The lowest BCUT2D eigenvalue weighted by atomic mass is 9.88. The number of halogens is 2. The summed E-state index contributed by atoms with van der Waals surface area (Å²) >= 11 is 0. The predicted molar refractivity (Wildman–Crippen MR) is 92.6 cm³/mol. The fourth-order valence-electron chi connectivity index (χ4n) is 2.91. The summed E-state index contributed by atoms with van der Waals surface area (Å²) in [7, 11) is 0. The molecule has 3 aromatic rings. The predicted octanol–water partition coefficient (Wildman–Crippen LogP) is 2.58. The van der Waals surface area contributed by atoms with Gasteiger partial charge in [0.2, 0.25) is 0 Å². The zero-order valence-corrected chi connectivity index (χ0v) is 13.9. The molecule has 0 aliphatic carbocycles. The van der Waals surface area contributed by atoms with Gasteiger partial charge in [-0.15, -0.1) is 0 Å². The lowest BCUT2D eigenvalue weighted by Crippen LogP contribution is -2.44. The molecule has 0 unspecified atom stereocenters. The van der Waals surface area contributed by atoms with Gasteiger partial charge < -0.3 is 20.4 Å². The average molecular weight is 358 g/mol. The van der Waals surface area contributed by atoms with Gasteiger partial charge >= 0.3 is 0 Å². The van der Waals surface area contributed by atoms with Crippen molar-refractivity contribution in [2.24, 2.45) is 0 Å². The molecule has 4 N–H and O–H groups in total. The fourth-order valence-corrected chi connectivity index (χ4v) is 2.91. The first-order valence-corrected chi connectivity index (χ1v) is 8.00. The summed E-state index contributed by atoms with van der Waals surface area (Å²) in [6.07, 6.45) is 0. The first-order chi connectivity index (χ1) is 12.4. The van der Waals surface area contributed by atoms with Crippen molar-refractivity contribution >= 4 is 5.69 Å². The van der Waals surface area contributed by atoms with Crippen molar-refractivity contribution in [2.45, 2.75) is 12.3 Å². The van der Waals surface area contributed by atoms with Crippen LogP contribution in [0.2, 0.25) is 0 Å². The molecule has 1 saturated heterocycles. The second kappa shape index (κ2) is 5.77. The molecule has 2 aromatic heterocycles. The molecular formula is C18H16F2N4O2. The van der Waals surface area contributed by atoms with Crippen molar-refractivity contribution in [2.75, 3.05) is 18.9 Å². The van der Waals surface area contributed by atoms with Crippen LogP contribution in [-0.4, -0.2) is 28.2 Å². The molecule has 3 heterocycles. The van der Waals surface area contributed by atoms with Crippen LogP contribution in [0.15, 0.2) is 35.1 Å². The van der Waals surface area contributed by atoms with Crippen LogP contribution in [0.3, 0.4) is 0 Å². The Morgan fingerprint density at radius 3 is 2.58 bits per heavy atom. The summed E-state index contributed by atoms with van der Waals surface area (Å²) in [5, 5.41) is 0. The maximum absolute atomic E-state index is 14.4. The summed E-state index contributed by atoms with van der Waals surface area (Å²) in [6, 6.07) is 6.36. The van der Waals surface area contributed by atoms with E-state index in [1.807, 2.05) is 6.92 Å². The third-order valence-electron chi connectivity index (χ3n) is 4.51. The summed E-state index contributed by atoms with van der Waals surface area (Å²) in [4.78, 5) is 22.2. The van der Waals surface area contributed by atoms with Gasteiger partial charge in [0, 0.05) is 11.6 Å². The minimum absolute atomic E-state index is 0.0716. The standard InChI is InChI=1S/C18H16F2N4O2/c1-18(7-26-8-18)17-23-14(10-3-2-9(19)6-11(10)20)15(24-17)13-5-4-12(21)16(25)22-13/h2-6H,7-8,21H2,1H3,(H,22,25)(H,23,24). The Kier molecular flexibility index (Phi) is 3.66. The molecular weight excluding hydrogens is 342 g/mol. The van der Waals surface area contributed by atoms with E-state index in [0.29, 0.717) is 30.4 Å². The van der Waals surface area contributed by atoms with Gasteiger partial charge in [-0.05, 0) is 31.2 Å². The van der Waals surface area contributed by atoms with Gasteiger partial charge in [0.1, 0.15) is 23.2 Å². The third kappa shape index (κ3) is 2.59. The Morgan fingerprint density at radius 2 is 1.96 bits per heavy atom. The van der Waals surface area contributed by atoms with Gasteiger partial charge in [0.25, 0.3) is 5.56 Å². The number of hydrogen-bond donors (Lipinski definition) is 3. The van der Waals surface area contributed by atoms with Crippen LogP contribution in [0.1, 0.15) is 12.7 Å². The first kappa shape index (κ1) is 16.5. The second-order valence-corrected chi connectivity index (χ2v) is 6.64. The molecule has 0 saturated carbocycles. The minimum Gasteiger partial charge on any atom is -0.394 e. The van der Waals surface area contributed by atoms with E-state index in [4.69, 9.17) is 10.5 Å². The number of anilines is 1. The van der Waals surface area contributed by atoms with Gasteiger partial charge in [-0.1, -0.05) is 0 Å². The highest BCUT2D eigenvalue weighted by Crippen LogP contribution is 2.36. The lowest BCUT2D eigenvalue weighted by molar-refractivity contribution is -0.0539. The van der Waals surface area contributed by atoms with Crippen LogP contribution in [0, 0.1) is 11.6 Å². The highest BCUT2D eigenvalue weighted by Gasteiger charge is 2.39. The van der Waals surface area contributed by atoms with Crippen LogP contribution in [0.4, 0.5) is 14.5 Å². The Balaban J connectivity index is 1.93. The molecule has 1 fully saturated rings. The number of pyridine rings is 1. The smallest absolute Gasteiger partial charge is 0.271 e. The van der Waals surface area contributed by atoms with E-state index in [1.54, 1.807) is 6.07 Å². The molecule has 1 aliphatic rings. The van der Waals surface area contributed by atoms with E-state index in [2.05, 4.69) is 15.0 Å². The largest absolute Gasteiger partial charge is 0.394 e. The first-order valence-electron chi connectivity index (χ1n) is 8.00. The van der Waals surface area contributed by atoms with Gasteiger partial charge in [-0.2, -0.15) is 0 Å². The molecule has 0 radical (unpaired) electrons. The van der Waals surface area contributed by atoms with Crippen molar-refractivity contribution in [3.8, 4) is 22.6 Å². The van der Waals surface area contributed by atoms with Crippen LogP contribution in [0.5, 0.6) is 0 Å². The van der Waals surface area contributed by atoms with Crippen molar-refractivity contribution in [1.82, 2.24) is 15.0 Å². The highest BCUT2D eigenvalue weighted by atomic mass is 19.1. The van der Waals surface area contributed by atoms with Crippen LogP contribution in [0.25, 0.3) is 22.6 Å². The number of nitrogens with one attached hydrogen (secondary N) is 2. The molecule has 6 nitrogen and oxygen atoms in total. The Hall–Kier alpha value is -3.00. The lowest BCUT2D eigenvalue weighted by Gasteiger charge is -2.36. The number of nitrogen functional groups attached to an aromatic ring is 1. The molecule has 0 amide bonds. The average Bonchev–Trinajstić information content (AvgIpc) is 3.00. The maximum atomic E-state index is 14.4. The number of benzene rings is 1. The van der Waals surface area contributed by atoms with Crippen molar-refractivity contribution in [1.29, 1.82) is 0 Å². The molecule has 0 spiro atoms. The molecule has 4 rings (SSSR count). The number of imidazole rings is 1. The topological polar surface area (TPSA) is 96.8 Å². The number of nitrogens with two attached hydrogens (primary N) is 1. The zero-order chi connectivity index (χ0) is 18.5. The van der Waals surface area contributed by atoms with E-state index < -0.39 is 17.2 Å². The second-order valence-electron chi connectivity index (χ2n) is 6.64. The Morgan fingerprint density at radius 1 is 1.19 bits per heavy atom. The Labute approximate surface area is 147 Å². The summed E-state index contributed by atoms with van der Waals surface area (Å²) in [5.74, 6) is -0.809. The number of H-pyrrole nitrogens is 2. The van der Waals surface area contributed by atoms with E-state index in [-0.39, 0.29) is 22.4 Å². The SMILES string of the molecule is CC1(c2nc(-c3ccc(F)cc3F)c(-c3ccc(N)c(=O)[nH]3)[nH]2)COC1. The molecule has 134 valence electrons. The molecule has 0 bridgehead atoms. The number of rotatable bonds is 3. The van der Waals surface area contributed by atoms with Crippen molar-refractivity contribution in [3.05, 3.63) is 58.1 Å². The number of aromatic nitrogens is 3. The molecule has 1 aromatic carbocycles.